The normalized spacial score (nSPS) is 10.5. The number of hydrogen-bond donors (Lipinski definition) is 0. The van der Waals surface area contributed by atoms with Crippen LogP contribution in [-0.2, 0) is 0 Å². The average molecular weight is 343 g/mol. The van der Waals surface area contributed by atoms with Crippen LogP contribution >= 0.6 is 0 Å². The average Bonchev–Trinajstić information content (AvgIpc) is 2.64. The van der Waals surface area contributed by atoms with Gasteiger partial charge in [0.1, 0.15) is 11.8 Å². The maximum Gasteiger partial charge on any atom is 0.177 e. The monoisotopic (exact) mass is 343 g/mol. The number of halogens is 2. The first-order chi connectivity index (χ1) is 12.2. The topological polar surface area (TPSA) is 33.0 Å². The summed E-state index contributed by atoms with van der Waals surface area (Å²) in [4.78, 5) is 0. The third-order valence-electron chi connectivity index (χ3n) is 4.13. The van der Waals surface area contributed by atoms with E-state index in [1.54, 1.807) is 30.3 Å². The van der Waals surface area contributed by atoms with Crippen LogP contribution in [0.3, 0.4) is 0 Å². The Morgan fingerprint density at radius 3 is 2.24 bits per heavy atom. The van der Waals surface area contributed by atoms with Gasteiger partial charge in [0.2, 0.25) is 0 Å². The third-order valence-corrected chi connectivity index (χ3v) is 4.13. The quantitative estimate of drug-likeness (QED) is 0.505. The molecule has 0 unspecified atom stereocenters. The summed E-state index contributed by atoms with van der Waals surface area (Å²) in [5.41, 5.74) is 0.395. The number of nitrogens with zero attached hydrogens (tertiary/aromatic N) is 1. The lowest BCUT2D eigenvalue weighted by Gasteiger charge is -2.09. The molecule has 2 aromatic carbocycles. The van der Waals surface area contributed by atoms with E-state index in [9.17, 15) is 8.78 Å². The molecule has 0 fully saturated rings. The van der Waals surface area contributed by atoms with Crippen molar-refractivity contribution in [2.75, 3.05) is 6.61 Å². The van der Waals surface area contributed by atoms with Crippen molar-refractivity contribution in [3.63, 3.8) is 0 Å². The Morgan fingerprint density at radius 2 is 1.56 bits per heavy atom. The van der Waals surface area contributed by atoms with Crippen LogP contribution in [0.25, 0.3) is 11.1 Å². The van der Waals surface area contributed by atoms with Crippen LogP contribution in [-0.4, -0.2) is 6.61 Å². The van der Waals surface area contributed by atoms with Crippen molar-refractivity contribution >= 4 is 0 Å². The molecule has 0 saturated heterocycles. The largest absolute Gasteiger partial charge is 0.494 e. The fourth-order valence-electron chi connectivity index (χ4n) is 2.66. The van der Waals surface area contributed by atoms with Gasteiger partial charge < -0.3 is 4.74 Å². The number of hydrogen-bond acceptors (Lipinski definition) is 2. The molecule has 4 heteroatoms. The van der Waals surface area contributed by atoms with Crippen molar-refractivity contribution in [2.24, 2.45) is 0 Å². The zero-order valence-electron chi connectivity index (χ0n) is 14.5. The molecule has 0 aromatic heterocycles. The maximum atomic E-state index is 14.1. The van der Waals surface area contributed by atoms with Gasteiger partial charge in [0, 0.05) is 5.56 Å². The van der Waals surface area contributed by atoms with E-state index in [2.05, 4.69) is 6.92 Å². The molecule has 2 aromatic rings. The predicted molar refractivity (Wildman–Crippen MR) is 95.4 cm³/mol. The Hall–Kier alpha value is -2.41. The van der Waals surface area contributed by atoms with E-state index in [4.69, 9.17) is 10.00 Å². The van der Waals surface area contributed by atoms with Crippen molar-refractivity contribution in [2.45, 2.75) is 45.4 Å². The number of rotatable bonds is 9. The number of benzene rings is 2. The highest BCUT2D eigenvalue weighted by molar-refractivity contribution is 5.66. The summed E-state index contributed by atoms with van der Waals surface area (Å²) in [7, 11) is 0. The van der Waals surface area contributed by atoms with Crippen LogP contribution in [0.15, 0.2) is 36.4 Å². The first kappa shape index (κ1) is 18.9. The second-order valence-electron chi connectivity index (χ2n) is 6.04. The van der Waals surface area contributed by atoms with Crippen molar-refractivity contribution in [3.05, 3.63) is 53.6 Å². The molecule has 0 radical (unpaired) electrons. The molecule has 132 valence electrons. The number of ether oxygens (including phenoxy) is 1. The van der Waals surface area contributed by atoms with Gasteiger partial charge >= 0.3 is 0 Å². The lowest BCUT2D eigenvalue weighted by atomic mass is 10.0. The van der Waals surface area contributed by atoms with Crippen molar-refractivity contribution in [1.29, 1.82) is 5.26 Å². The summed E-state index contributed by atoms with van der Waals surface area (Å²) in [6.45, 7) is 2.86. The Bertz CT molecular complexity index is 720. The highest BCUT2D eigenvalue weighted by Crippen LogP contribution is 2.27. The van der Waals surface area contributed by atoms with Gasteiger partial charge in [-0.3, -0.25) is 0 Å². The summed E-state index contributed by atoms with van der Waals surface area (Å²) in [6.07, 6.45) is 7.22. The Labute approximate surface area is 148 Å². The van der Waals surface area contributed by atoms with Gasteiger partial charge in [-0.1, -0.05) is 51.2 Å². The molecule has 0 aliphatic rings. The second kappa shape index (κ2) is 9.78. The molecule has 2 nitrogen and oxygen atoms in total. The molecule has 0 saturated carbocycles. The smallest absolute Gasteiger partial charge is 0.177 e. The minimum absolute atomic E-state index is 0.138. The fourth-order valence-corrected chi connectivity index (χ4v) is 2.66. The summed E-state index contributed by atoms with van der Waals surface area (Å²) < 4.78 is 33.5. The molecule has 25 heavy (non-hydrogen) atoms. The maximum absolute atomic E-state index is 14.1. The first-order valence-corrected chi connectivity index (χ1v) is 8.78. The summed E-state index contributed by atoms with van der Waals surface area (Å²) >= 11 is 0. The van der Waals surface area contributed by atoms with E-state index in [1.165, 1.54) is 37.8 Å². The Balaban J connectivity index is 1.90. The zero-order valence-corrected chi connectivity index (χ0v) is 14.5. The van der Waals surface area contributed by atoms with E-state index in [0.717, 1.165) is 12.8 Å². The van der Waals surface area contributed by atoms with Gasteiger partial charge in [0.25, 0.3) is 0 Å². The first-order valence-electron chi connectivity index (χ1n) is 8.78. The number of nitriles is 1. The SMILES string of the molecule is CCCCCCCCOc1ccc(-c2ccc(C#N)c(F)c2F)cc1. The minimum Gasteiger partial charge on any atom is -0.494 e. The van der Waals surface area contributed by atoms with Gasteiger partial charge in [-0.15, -0.1) is 0 Å². The standard InChI is InChI=1S/C21H23F2NO/c1-2-3-4-5-6-7-14-25-18-11-8-16(9-12-18)19-13-10-17(15-24)20(22)21(19)23/h8-13H,2-7,14H2,1H3. The second-order valence-corrected chi connectivity index (χ2v) is 6.04. The molecule has 0 bridgehead atoms. The summed E-state index contributed by atoms with van der Waals surface area (Å²) in [5.74, 6) is -1.39. The van der Waals surface area contributed by atoms with E-state index in [0.29, 0.717) is 17.9 Å². The van der Waals surface area contributed by atoms with Gasteiger partial charge in [-0.05, 0) is 36.2 Å². The van der Waals surface area contributed by atoms with Crippen LogP contribution in [0.5, 0.6) is 5.75 Å². The van der Waals surface area contributed by atoms with E-state index < -0.39 is 11.6 Å². The molecule has 2 rings (SSSR count). The molecule has 0 amide bonds. The van der Waals surface area contributed by atoms with E-state index >= 15 is 0 Å². The molecular weight excluding hydrogens is 320 g/mol. The molecule has 0 spiro atoms. The fraction of sp³-hybridized carbons (Fsp3) is 0.381. The van der Waals surface area contributed by atoms with Crippen LogP contribution in [0.1, 0.15) is 51.0 Å². The van der Waals surface area contributed by atoms with Crippen LogP contribution in [0, 0.1) is 23.0 Å². The molecule has 0 aliphatic heterocycles. The summed E-state index contributed by atoms with van der Waals surface area (Å²) in [5, 5.41) is 8.73. The van der Waals surface area contributed by atoms with Crippen molar-refractivity contribution in [1.82, 2.24) is 0 Å². The van der Waals surface area contributed by atoms with Crippen LogP contribution in [0.2, 0.25) is 0 Å². The van der Waals surface area contributed by atoms with Gasteiger partial charge in [-0.2, -0.15) is 5.26 Å². The Kier molecular flexibility index (Phi) is 7.40. The van der Waals surface area contributed by atoms with E-state index in [1.807, 2.05) is 0 Å². The highest BCUT2D eigenvalue weighted by Gasteiger charge is 2.14. The molecule has 0 aliphatic carbocycles. The number of unbranched alkanes of at least 4 members (excludes halogenated alkanes) is 5. The van der Waals surface area contributed by atoms with Crippen LogP contribution < -0.4 is 4.74 Å². The minimum atomic E-state index is -1.11. The lowest BCUT2D eigenvalue weighted by Crippen LogP contribution is -1.97. The molecule has 0 N–H and O–H groups in total. The van der Waals surface area contributed by atoms with Gasteiger partial charge in [0.15, 0.2) is 11.6 Å². The lowest BCUT2D eigenvalue weighted by molar-refractivity contribution is 0.304. The van der Waals surface area contributed by atoms with Crippen LogP contribution in [0.4, 0.5) is 8.78 Å². The molecule has 0 atom stereocenters. The van der Waals surface area contributed by atoms with E-state index in [-0.39, 0.29) is 11.1 Å². The van der Waals surface area contributed by atoms with Gasteiger partial charge in [0.05, 0.1) is 12.2 Å². The molecular formula is C21H23F2NO. The third kappa shape index (κ3) is 5.29. The van der Waals surface area contributed by atoms with Crippen molar-refractivity contribution < 1.29 is 13.5 Å². The van der Waals surface area contributed by atoms with Gasteiger partial charge in [-0.25, -0.2) is 8.78 Å². The highest BCUT2D eigenvalue weighted by atomic mass is 19.2. The summed E-state index contributed by atoms with van der Waals surface area (Å²) in [6, 6.07) is 11.2. The zero-order chi connectivity index (χ0) is 18.1. The molecule has 0 heterocycles. The van der Waals surface area contributed by atoms with Crippen molar-refractivity contribution in [3.8, 4) is 22.9 Å². The Morgan fingerprint density at radius 1 is 0.880 bits per heavy atom. The predicted octanol–water partition coefficient (Wildman–Crippen LogP) is 6.24.